The molecule has 0 atom stereocenters. The van der Waals surface area contributed by atoms with E-state index < -0.39 is 0 Å². The van der Waals surface area contributed by atoms with E-state index in [0.29, 0.717) is 0 Å². The summed E-state index contributed by atoms with van der Waals surface area (Å²) in [7, 11) is 2.11. The third kappa shape index (κ3) is 4.38. The molecule has 1 aliphatic carbocycles. The third-order valence-electron chi connectivity index (χ3n) is 6.28. The smallest absolute Gasteiger partial charge is 0.203 e. The number of likely N-dealkylation sites (N-methyl/N-ethyl adjacent to an activating group) is 1. The van der Waals surface area contributed by atoms with Crippen molar-refractivity contribution < 1.29 is 24.7 Å². The molecule has 0 amide bonds. The van der Waals surface area contributed by atoms with Gasteiger partial charge in [-0.15, -0.1) is 6.07 Å². The summed E-state index contributed by atoms with van der Waals surface area (Å²) in [6.07, 6.45) is 15.2. The molecule has 5 rings (SSSR count). The van der Waals surface area contributed by atoms with Gasteiger partial charge in [0, 0.05) is 25.8 Å². The van der Waals surface area contributed by atoms with Crippen molar-refractivity contribution in [1.82, 2.24) is 4.90 Å². The number of rotatable bonds is 3. The van der Waals surface area contributed by atoms with E-state index in [-0.39, 0.29) is 25.5 Å². The van der Waals surface area contributed by atoms with E-state index in [9.17, 15) is 0 Å². The predicted octanol–water partition coefficient (Wildman–Crippen LogP) is 6.54. The third-order valence-corrected chi connectivity index (χ3v) is 6.28. The molecule has 3 aliphatic rings. The van der Waals surface area contributed by atoms with Crippen LogP contribution in [0, 0.1) is 12.7 Å². The average molecular weight is 613 g/mol. The Morgan fingerprint density at radius 2 is 1.88 bits per heavy atom. The first-order valence-electron chi connectivity index (χ1n) is 11.3. The Labute approximate surface area is 211 Å². The minimum absolute atomic E-state index is 0. The number of amidine groups is 1. The molecular weight excluding hydrogens is 583 g/mol. The zero-order chi connectivity index (χ0) is 22.3. The van der Waals surface area contributed by atoms with Crippen molar-refractivity contribution in [3.8, 4) is 0 Å². The van der Waals surface area contributed by atoms with Gasteiger partial charge in [-0.3, -0.25) is 4.90 Å². The van der Waals surface area contributed by atoms with Crippen LogP contribution in [0.4, 0.5) is 11.4 Å². The second kappa shape index (κ2) is 9.21. The quantitative estimate of drug-likeness (QED) is 0.288. The number of benzene rings is 2. The van der Waals surface area contributed by atoms with E-state index in [1.807, 2.05) is 6.07 Å². The second-order valence-corrected chi connectivity index (χ2v) is 9.57. The van der Waals surface area contributed by atoms with Crippen molar-refractivity contribution in [2.24, 2.45) is 0 Å². The van der Waals surface area contributed by atoms with Gasteiger partial charge in [0.25, 0.3) is 0 Å². The molecule has 0 unspecified atom stereocenters. The first-order valence-corrected chi connectivity index (χ1v) is 11.3. The number of nitrogens with zero attached hydrogens (tertiary/aromatic N) is 3. The van der Waals surface area contributed by atoms with Crippen molar-refractivity contribution >= 4 is 22.8 Å². The summed E-state index contributed by atoms with van der Waals surface area (Å²) in [6, 6.07) is 18.7. The van der Waals surface area contributed by atoms with E-state index in [0.717, 1.165) is 30.1 Å². The molecule has 2 aromatic rings. The standard InChI is InChI=1S/C29H30N3.Ir/c1-29(2,3)23-14-10-15-24(20-23)31-21-32(28-27(31)18-11-19-30(28)4)26-17-9-8-16-25(26)22-12-6-5-7-13-22;/h5-6,8-12,14,16-21H,7,13H2,1-4H3;/q-1;. The Bertz CT molecular complexity index is 1210. The zero-order valence-corrected chi connectivity index (χ0v) is 22.1. The Hall–Kier alpha value is -2.81. The van der Waals surface area contributed by atoms with Crippen LogP contribution in [0.25, 0.3) is 5.57 Å². The molecule has 171 valence electrons. The van der Waals surface area contributed by atoms with Gasteiger partial charge in [-0.2, -0.15) is 23.8 Å². The monoisotopic (exact) mass is 613 g/mol. The topological polar surface area (TPSA) is 9.49 Å². The Balaban J connectivity index is 0.00000259. The van der Waals surface area contributed by atoms with Crippen LogP contribution < -0.4 is 4.90 Å². The molecule has 1 radical (unpaired) electrons. The van der Waals surface area contributed by atoms with Gasteiger partial charge in [0.2, 0.25) is 5.84 Å². The van der Waals surface area contributed by atoms with Crippen LogP contribution in [0.5, 0.6) is 0 Å². The van der Waals surface area contributed by atoms with Gasteiger partial charge in [-0.05, 0) is 41.5 Å². The SMILES string of the molecule is CN1C=CC=C2C1=[N+](c1ccccc1C1=CC=CCC1)[CH-]N2c1[c-]ccc(C(C)(C)C)c1.[Ir]. The van der Waals surface area contributed by atoms with Gasteiger partial charge in [0.15, 0.2) is 0 Å². The fourth-order valence-corrected chi connectivity index (χ4v) is 4.51. The number of hydrogen-bond donors (Lipinski definition) is 0. The molecule has 0 saturated heterocycles. The average Bonchev–Trinajstić information content (AvgIpc) is 3.20. The van der Waals surface area contributed by atoms with E-state index in [1.54, 1.807) is 0 Å². The summed E-state index contributed by atoms with van der Waals surface area (Å²) >= 11 is 0. The van der Waals surface area contributed by atoms with Crippen LogP contribution in [0.1, 0.15) is 44.7 Å². The normalized spacial score (nSPS) is 17.3. The molecule has 3 nitrogen and oxygen atoms in total. The molecule has 2 aliphatic heterocycles. The summed E-state index contributed by atoms with van der Waals surface area (Å²) in [4.78, 5) is 4.46. The number of para-hydroxylation sites is 1. The molecule has 0 aromatic heterocycles. The summed E-state index contributed by atoms with van der Waals surface area (Å²) < 4.78 is 2.32. The molecule has 33 heavy (non-hydrogen) atoms. The molecule has 0 fully saturated rings. The Morgan fingerprint density at radius 1 is 1.06 bits per heavy atom. The minimum atomic E-state index is 0. The van der Waals surface area contributed by atoms with E-state index in [1.165, 1.54) is 22.4 Å². The van der Waals surface area contributed by atoms with Gasteiger partial charge in [0.1, 0.15) is 0 Å². The predicted molar refractivity (Wildman–Crippen MR) is 133 cm³/mol. The van der Waals surface area contributed by atoms with E-state index in [2.05, 4.69) is 128 Å². The molecule has 2 aromatic carbocycles. The van der Waals surface area contributed by atoms with Crippen LogP contribution in [-0.2, 0) is 25.5 Å². The molecule has 4 heteroatoms. The summed E-state index contributed by atoms with van der Waals surface area (Å²) in [5.74, 6) is 1.15. The van der Waals surface area contributed by atoms with Crippen LogP contribution >= 0.6 is 0 Å². The fourth-order valence-electron chi connectivity index (χ4n) is 4.51. The largest absolute Gasteiger partial charge is 0.364 e. The van der Waals surface area contributed by atoms with Crippen LogP contribution in [0.15, 0.2) is 84.7 Å². The molecule has 0 bridgehead atoms. The maximum Gasteiger partial charge on any atom is 0.203 e. The maximum absolute atomic E-state index is 3.47. The van der Waals surface area contributed by atoms with Gasteiger partial charge in [-0.1, -0.05) is 69.0 Å². The number of fused-ring (bicyclic) bond motifs is 1. The van der Waals surface area contributed by atoms with Crippen LogP contribution in [0.2, 0.25) is 0 Å². The van der Waals surface area contributed by atoms with Gasteiger partial charge in [-0.25, -0.2) is 0 Å². The number of hydrogen-bond acceptors (Lipinski definition) is 2. The first kappa shape index (κ1) is 23.4. The van der Waals surface area contributed by atoms with Crippen molar-refractivity contribution in [3.05, 3.63) is 109 Å². The van der Waals surface area contributed by atoms with Crippen molar-refractivity contribution in [2.45, 2.75) is 39.0 Å². The van der Waals surface area contributed by atoms with E-state index in [4.69, 9.17) is 0 Å². The first-order chi connectivity index (χ1) is 15.4. The fraction of sp³-hybridized carbons (Fsp3) is 0.241. The zero-order valence-electron chi connectivity index (χ0n) is 19.7. The van der Waals surface area contributed by atoms with Gasteiger partial charge < -0.3 is 9.48 Å². The second-order valence-electron chi connectivity index (χ2n) is 9.57. The van der Waals surface area contributed by atoms with Crippen LogP contribution in [0.3, 0.4) is 0 Å². The van der Waals surface area contributed by atoms with Crippen molar-refractivity contribution in [1.29, 1.82) is 0 Å². The molecule has 0 spiro atoms. The van der Waals surface area contributed by atoms with Crippen LogP contribution in [-0.4, -0.2) is 22.4 Å². The van der Waals surface area contributed by atoms with Gasteiger partial charge >= 0.3 is 0 Å². The maximum atomic E-state index is 3.47. The number of anilines is 1. The molecule has 2 heterocycles. The van der Waals surface area contributed by atoms with Crippen molar-refractivity contribution in [3.63, 3.8) is 0 Å². The Morgan fingerprint density at radius 3 is 2.64 bits per heavy atom. The Kier molecular flexibility index (Phi) is 6.52. The van der Waals surface area contributed by atoms with Crippen molar-refractivity contribution in [2.75, 3.05) is 11.9 Å². The molecular formula is C29H30IrN3-. The summed E-state index contributed by atoms with van der Waals surface area (Å²) in [5.41, 5.74) is 7.48. The summed E-state index contributed by atoms with van der Waals surface area (Å²) in [6.45, 7) is 8.97. The minimum Gasteiger partial charge on any atom is -0.364 e. The molecule has 0 saturated carbocycles. The van der Waals surface area contributed by atoms with E-state index >= 15 is 0 Å². The molecule has 0 N–H and O–H groups in total. The van der Waals surface area contributed by atoms with Gasteiger partial charge in [0.05, 0.1) is 25.6 Å². The number of allylic oxidation sites excluding steroid dienone is 6. The summed E-state index contributed by atoms with van der Waals surface area (Å²) in [5, 5.41) is 0.